The first kappa shape index (κ1) is 14.3. The summed E-state index contributed by atoms with van der Waals surface area (Å²) in [4.78, 5) is 22.4. The largest absolute Gasteiger partial charge is 0.481 e. The molecule has 0 saturated heterocycles. The van der Waals surface area contributed by atoms with E-state index in [0.29, 0.717) is 0 Å². The third-order valence-electron chi connectivity index (χ3n) is 2.87. The van der Waals surface area contributed by atoms with Crippen molar-refractivity contribution in [3.63, 3.8) is 0 Å². The van der Waals surface area contributed by atoms with Crippen LogP contribution in [0, 0.1) is 0 Å². The molecule has 0 saturated carbocycles. The number of aliphatic carboxylic acids is 1. The van der Waals surface area contributed by atoms with Crippen molar-refractivity contribution in [1.82, 2.24) is 0 Å². The van der Waals surface area contributed by atoms with E-state index in [9.17, 15) is 18.0 Å². The number of hydrogen-bond acceptors (Lipinski definition) is 5. The maximum atomic E-state index is 11.7. The smallest absolute Gasteiger partial charge is 0.307 e. The van der Waals surface area contributed by atoms with Crippen LogP contribution in [0.1, 0.15) is 13.3 Å². The molecule has 108 valence electrons. The van der Waals surface area contributed by atoms with Crippen molar-refractivity contribution in [2.45, 2.75) is 24.3 Å². The van der Waals surface area contributed by atoms with Crippen LogP contribution in [-0.2, 0) is 19.4 Å². The second kappa shape index (κ2) is 5.12. The van der Waals surface area contributed by atoms with Gasteiger partial charge in [-0.2, -0.15) is 0 Å². The Kier molecular flexibility index (Phi) is 3.67. The Balaban J connectivity index is 2.33. The van der Waals surface area contributed by atoms with Crippen molar-refractivity contribution >= 4 is 27.4 Å². The number of fused-ring (bicyclic) bond motifs is 1. The lowest BCUT2D eigenvalue weighted by Gasteiger charge is -2.25. The zero-order chi connectivity index (χ0) is 14.9. The number of hydrogen-bond donors (Lipinski definition) is 2. The number of carbonyl (C=O) groups is 2. The zero-order valence-electron chi connectivity index (χ0n) is 10.6. The summed E-state index contributed by atoms with van der Waals surface area (Å²) in [6, 6.07) is 4.09. The molecular weight excluding hydrogens is 286 g/mol. The maximum Gasteiger partial charge on any atom is 0.307 e. The summed E-state index contributed by atoms with van der Waals surface area (Å²) < 4.78 is 28.8. The van der Waals surface area contributed by atoms with E-state index in [-0.39, 0.29) is 22.1 Å². The van der Waals surface area contributed by atoms with Crippen LogP contribution < -0.4 is 10.1 Å². The number of ether oxygens (including phenoxy) is 1. The van der Waals surface area contributed by atoms with E-state index in [0.717, 1.165) is 0 Å². The average Bonchev–Trinajstić information content (AvgIpc) is 2.38. The van der Waals surface area contributed by atoms with E-state index in [4.69, 9.17) is 9.84 Å². The van der Waals surface area contributed by atoms with Crippen molar-refractivity contribution in [3.05, 3.63) is 18.2 Å². The monoisotopic (exact) mass is 299 g/mol. The number of benzene rings is 1. The Hall–Kier alpha value is -2.09. The van der Waals surface area contributed by atoms with Gasteiger partial charge >= 0.3 is 5.97 Å². The fraction of sp³-hybridized carbons (Fsp3) is 0.333. The number of amides is 1. The molecule has 2 N–H and O–H groups in total. The van der Waals surface area contributed by atoms with Gasteiger partial charge in [-0.3, -0.25) is 9.59 Å². The van der Waals surface area contributed by atoms with Crippen LogP contribution >= 0.6 is 0 Å². The van der Waals surface area contributed by atoms with E-state index < -0.39 is 34.2 Å². The highest BCUT2D eigenvalue weighted by atomic mass is 32.2. The number of rotatable bonds is 4. The van der Waals surface area contributed by atoms with Gasteiger partial charge in [0.05, 0.1) is 22.8 Å². The van der Waals surface area contributed by atoms with Gasteiger partial charge in [-0.25, -0.2) is 8.42 Å². The maximum absolute atomic E-state index is 11.7. The summed E-state index contributed by atoms with van der Waals surface area (Å²) in [5, 5.41) is 11.1. The lowest BCUT2D eigenvalue weighted by atomic mass is 10.1. The molecule has 1 aromatic rings. The molecule has 0 unspecified atom stereocenters. The van der Waals surface area contributed by atoms with Crippen LogP contribution in [-0.4, -0.2) is 37.3 Å². The van der Waals surface area contributed by atoms with E-state index in [1.54, 1.807) is 0 Å². The Morgan fingerprint density at radius 1 is 1.45 bits per heavy atom. The Morgan fingerprint density at radius 3 is 2.75 bits per heavy atom. The van der Waals surface area contributed by atoms with Gasteiger partial charge in [-0.05, 0) is 18.2 Å². The minimum absolute atomic E-state index is 0.0533. The number of carbonyl (C=O) groups excluding carboxylic acids is 1. The number of sulfone groups is 1. The lowest BCUT2D eigenvalue weighted by Crippen LogP contribution is -2.38. The molecule has 0 spiro atoms. The molecule has 1 atom stereocenters. The summed E-state index contributed by atoms with van der Waals surface area (Å²) >= 11 is 0. The number of nitrogens with one attached hydrogen (secondary N) is 1. The van der Waals surface area contributed by atoms with E-state index in [1.165, 1.54) is 25.1 Å². The first-order valence-corrected chi connectivity index (χ1v) is 7.55. The Morgan fingerprint density at radius 2 is 2.15 bits per heavy atom. The van der Waals surface area contributed by atoms with E-state index in [2.05, 4.69) is 5.32 Å². The highest BCUT2D eigenvalue weighted by Crippen LogP contribution is 2.32. The highest BCUT2D eigenvalue weighted by Gasteiger charge is 2.30. The average molecular weight is 299 g/mol. The minimum Gasteiger partial charge on any atom is -0.481 e. The van der Waals surface area contributed by atoms with Crippen molar-refractivity contribution in [3.8, 4) is 5.75 Å². The molecule has 2 rings (SSSR count). The third-order valence-corrected chi connectivity index (χ3v) is 4.60. The summed E-state index contributed by atoms with van der Waals surface area (Å²) in [5.74, 6) is -1.56. The molecule has 0 fully saturated rings. The van der Waals surface area contributed by atoms with Gasteiger partial charge in [0.15, 0.2) is 15.9 Å². The van der Waals surface area contributed by atoms with Crippen molar-refractivity contribution in [1.29, 1.82) is 0 Å². The standard InChI is InChI=1S/C12H13NO6S/c1-2-20(17,18)7-3-4-9-8(5-7)13-12(16)10(19-9)6-11(14)15/h3-5,10H,2,6H2,1H3,(H,13,16)(H,14,15)/t10-/m0/s1. The summed E-state index contributed by atoms with van der Waals surface area (Å²) in [7, 11) is -3.38. The molecule has 8 heteroatoms. The molecule has 0 bridgehead atoms. The summed E-state index contributed by atoms with van der Waals surface area (Å²) in [6.45, 7) is 1.52. The summed E-state index contributed by atoms with van der Waals surface area (Å²) in [6.07, 6.45) is -1.58. The molecule has 0 aliphatic carbocycles. The van der Waals surface area contributed by atoms with E-state index >= 15 is 0 Å². The third kappa shape index (κ3) is 2.74. The van der Waals surface area contributed by atoms with Crippen LogP contribution in [0.2, 0.25) is 0 Å². The molecule has 1 aromatic carbocycles. The molecule has 1 heterocycles. The van der Waals surface area contributed by atoms with E-state index in [1.807, 2.05) is 0 Å². The first-order chi connectivity index (χ1) is 9.33. The fourth-order valence-electron chi connectivity index (χ4n) is 1.78. The van der Waals surface area contributed by atoms with Gasteiger partial charge in [0.2, 0.25) is 0 Å². The van der Waals surface area contributed by atoms with Crippen molar-refractivity contribution in [2.24, 2.45) is 0 Å². The predicted octanol–water partition coefficient (Wildman–Crippen LogP) is 0.654. The van der Waals surface area contributed by atoms with Gasteiger partial charge in [0.1, 0.15) is 5.75 Å². The molecule has 0 radical (unpaired) electrons. The minimum atomic E-state index is -3.38. The van der Waals surface area contributed by atoms with Gasteiger partial charge in [-0.15, -0.1) is 0 Å². The normalized spacial score (nSPS) is 17.9. The Bertz CT molecular complexity index is 667. The van der Waals surface area contributed by atoms with Crippen LogP contribution in [0.15, 0.2) is 23.1 Å². The number of anilines is 1. The molecule has 20 heavy (non-hydrogen) atoms. The molecule has 0 aromatic heterocycles. The van der Waals surface area contributed by atoms with Gasteiger partial charge in [0.25, 0.3) is 5.91 Å². The van der Waals surface area contributed by atoms with Crippen molar-refractivity contribution < 1.29 is 27.9 Å². The highest BCUT2D eigenvalue weighted by molar-refractivity contribution is 7.91. The molecule has 1 aliphatic rings. The summed E-state index contributed by atoms with van der Waals surface area (Å²) in [5.41, 5.74) is 0.228. The SMILES string of the molecule is CCS(=O)(=O)c1ccc2c(c1)NC(=O)[C@H](CC(=O)O)O2. The predicted molar refractivity (Wildman–Crippen MR) is 69.5 cm³/mol. The quantitative estimate of drug-likeness (QED) is 0.845. The second-order valence-electron chi connectivity index (χ2n) is 4.25. The van der Waals surface area contributed by atoms with Crippen molar-refractivity contribution in [2.75, 3.05) is 11.1 Å². The molecule has 1 aliphatic heterocycles. The van der Waals surface area contributed by atoms with Crippen LogP contribution in [0.4, 0.5) is 5.69 Å². The van der Waals surface area contributed by atoms with Crippen LogP contribution in [0.3, 0.4) is 0 Å². The lowest BCUT2D eigenvalue weighted by molar-refractivity contribution is -0.142. The topological polar surface area (TPSA) is 110 Å². The zero-order valence-corrected chi connectivity index (χ0v) is 11.4. The number of carboxylic acid groups (broad SMARTS) is 1. The van der Waals surface area contributed by atoms with Gasteiger partial charge in [-0.1, -0.05) is 6.92 Å². The molecule has 7 nitrogen and oxygen atoms in total. The number of carboxylic acids is 1. The van der Waals surface area contributed by atoms with Crippen LogP contribution in [0.5, 0.6) is 5.75 Å². The van der Waals surface area contributed by atoms with Crippen LogP contribution in [0.25, 0.3) is 0 Å². The fourth-order valence-corrected chi connectivity index (χ4v) is 2.69. The van der Waals surface area contributed by atoms with Gasteiger partial charge < -0.3 is 15.2 Å². The Labute approximate surface area is 115 Å². The van der Waals surface area contributed by atoms with Gasteiger partial charge in [0, 0.05) is 0 Å². The molecular formula is C12H13NO6S. The second-order valence-corrected chi connectivity index (χ2v) is 6.53. The molecule has 1 amide bonds. The first-order valence-electron chi connectivity index (χ1n) is 5.89.